The molecule has 1 rings (SSSR count). The zero-order chi connectivity index (χ0) is 11.6. The second kappa shape index (κ2) is 4.84. The lowest BCUT2D eigenvalue weighted by atomic mass is 10.2. The molecule has 0 spiro atoms. The van der Waals surface area contributed by atoms with Gasteiger partial charge in [0.2, 0.25) is 0 Å². The highest BCUT2D eigenvalue weighted by molar-refractivity contribution is 6.75. The molecule has 0 atom stereocenters. The number of rotatable bonds is 3. The predicted molar refractivity (Wildman–Crippen MR) is 72.6 cm³/mol. The number of aryl methyl sites for hydroxylation is 1. The first kappa shape index (κ1) is 12.3. The minimum atomic E-state index is -0.875. The van der Waals surface area contributed by atoms with Crippen LogP contribution in [0.5, 0.6) is 0 Å². The van der Waals surface area contributed by atoms with Gasteiger partial charge in [0.25, 0.3) is 0 Å². The Hall–Kier alpha value is -0.763. The average Bonchev–Trinajstić information content (AvgIpc) is 1.99. The summed E-state index contributed by atoms with van der Waals surface area (Å²) in [5.41, 5.74) is 9.73. The van der Waals surface area contributed by atoms with Gasteiger partial charge in [0.1, 0.15) is 0 Å². The monoisotopic (exact) mass is 221 g/mol. The third-order valence-corrected chi connectivity index (χ3v) is 6.92. The first-order valence-corrected chi connectivity index (χ1v) is 7.70. The quantitative estimate of drug-likeness (QED) is 0.616. The molecule has 0 radical (unpaired) electrons. The number of anilines is 1. The third-order valence-electron chi connectivity index (χ3n) is 2.94. The van der Waals surface area contributed by atoms with Gasteiger partial charge >= 0.3 is 0 Å². The molecule has 0 heterocycles. The van der Waals surface area contributed by atoms with E-state index in [2.05, 4.69) is 52.8 Å². The smallest absolute Gasteiger partial charge is 0.0759 e. The fourth-order valence-electron chi connectivity index (χ4n) is 2.58. The molecule has 1 aromatic carbocycles. The van der Waals surface area contributed by atoms with Crippen LogP contribution in [0.25, 0.3) is 0 Å². The highest BCUT2D eigenvalue weighted by Crippen LogP contribution is 2.21. The van der Waals surface area contributed by atoms with Gasteiger partial charge in [0, 0.05) is 5.69 Å². The molecule has 84 valence electrons. The molecular formula is C13H23NSi. The van der Waals surface area contributed by atoms with Crippen LogP contribution in [-0.2, 0) is 0 Å². The van der Waals surface area contributed by atoms with Crippen LogP contribution in [0.4, 0.5) is 5.69 Å². The van der Waals surface area contributed by atoms with Gasteiger partial charge in [0.15, 0.2) is 0 Å². The molecule has 15 heavy (non-hydrogen) atoms. The molecule has 0 fully saturated rings. The molecule has 0 amide bonds. The minimum Gasteiger partial charge on any atom is -0.399 e. The molecule has 2 heteroatoms. The highest BCUT2D eigenvalue weighted by Gasteiger charge is 2.21. The van der Waals surface area contributed by atoms with E-state index >= 15 is 0 Å². The van der Waals surface area contributed by atoms with E-state index in [0.29, 0.717) is 0 Å². The number of nitrogen functional groups attached to an aromatic ring is 1. The largest absolute Gasteiger partial charge is 0.399 e. The summed E-state index contributed by atoms with van der Waals surface area (Å²) in [5.74, 6) is 0. The molecule has 1 aromatic rings. The maximum atomic E-state index is 5.92. The van der Waals surface area contributed by atoms with Crippen LogP contribution >= 0.6 is 0 Å². The molecule has 2 N–H and O–H groups in total. The van der Waals surface area contributed by atoms with Crippen molar-refractivity contribution < 1.29 is 0 Å². The van der Waals surface area contributed by atoms with Crippen LogP contribution in [0.2, 0.25) is 11.1 Å². The van der Waals surface area contributed by atoms with Crippen molar-refractivity contribution in [1.82, 2.24) is 0 Å². The van der Waals surface area contributed by atoms with Crippen LogP contribution in [0, 0.1) is 6.92 Å². The predicted octanol–water partition coefficient (Wildman–Crippen LogP) is 2.83. The van der Waals surface area contributed by atoms with E-state index in [1.807, 2.05) is 0 Å². The Morgan fingerprint density at radius 3 is 1.93 bits per heavy atom. The van der Waals surface area contributed by atoms with Crippen LogP contribution in [-0.4, -0.2) is 8.80 Å². The summed E-state index contributed by atoms with van der Waals surface area (Å²) >= 11 is 0. The van der Waals surface area contributed by atoms with E-state index in [-0.39, 0.29) is 0 Å². The maximum absolute atomic E-state index is 5.92. The van der Waals surface area contributed by atoms with E-state index in [9.17, 15) is 0 Å². The lowest BCUT2D eigenvalue weighted by Gasteiger charge is -2.24. The van der Waals surface area contributed by atoms with E-state index in [1.54, 1.807) is 0 Å². The Balaban J connectivity index is 3.11. The Morgan fingerprint density at radius 1 is 1.00 bits per heavy atom. The van der Waals surface area contributed by atoms with Crippen LogP contribution in [0.15, 0.2) is 18.2 Å². The summed E-state index contributed by atoms with van der Waals surface area (Å²) in [6.07, 6.45) is 0. The first-order valence-electron chi connectivity index (χ1n) is 5.79. The van der Waals surface area contributed by atoms with Crippen molar-refractivity contribution in [1.29, 1.82) is 0 Å². The van der Waals surface area contributed by atoms with Gasteiger partial charge in [0.05, 0.1) is 8.80 Å². The minimum absolute atomic E-state index is 0.797. The topological polar surface area (TPSA) is 26.0 Å². The Labute approximate surface area is 95.3 Å². The fourth-order valence-corrected chi connectivity index (χ4v) is 6.49. The summed E-state index contributed by atoms with van der Waals surface area (Å²) < 4.78 is 0. The number of hydrogen-bond donors (Lipinski definition) is 1. The average molecular weight is 221 g/mol. The SMILES string of the molecule is Cc1cc(N)cc([SiH](C(C)C)C(C)C)c1. The summed E-state index contributed by atoms with van der Waals surface area (Å²) in [4.78, 5) is 0. The van der Waals surface area contributed by atoms with E-state index in [0.717, 1.165) is 16.8 Å². The van der Waals surface area contributed by atoms with Crippen molar-refractivity contribution in [3.8, 4) is 0 Å². The maximum Gasteiger partial charge on any atom is 0.0759 e. The Kier molecular flexibility index (Phi) is 3.97. The number of nitrogens with two attached hydrogens (primary N) is 1. The van der Waals surface area contributed by atoms with Gasteiger partial charge in [-0.3, -0.25) is 0 Å². The lowest BCUT2D eigenvalue weighted by molar-refractivity contribution is 0.951. The molecule has 0 saturated heterocycles. The highest BCUT2D eigenvalue weighted by atomic mass is 28.3. The van der Waals surface area contributed by atoms with Crippen molar-refractivity contribution in [3.63, 3.8) is 0 Å². The number of benzene rings is 1. The van der Waals surface area contributed by atoms with Crippen LogP contribution < -0.4 is 10.9 Å². The second-order valence-electron chi connectivity index (χ2n) is 5.19. The molecule has 1 nitrogen and oxygen atoms in total. The summed E-state index contributed by atoms with van der Waals surface area (Å²) in [5, 5.41) is 1.53. The molecular weight excluding hydrogens is 198 g/mol. The molecule has 0 aromatic heterocycles. The van der Waals surface area contributed by atoms with Crippen molar-refractivity contribution in [3.05, 3.63) is 23.8 Å². The lowest BCUT2D eigenvalue weighted by Crippen LogP contribution is -2.36. The summed E-state index contributed by atoms with van der Waals surface area (Å²) in [6.45, 7) is 11.5. The van der Waals surface area contributed by atoms with Crippen molar-refractivity contribution in [2.75, 3.05) is 5.73 Å². The van der Waals surface area contributed by atoms with Gasteiger partial charge in [-0.05, 0) is 35.7 Å². The normalized spacial score (nSPS) is 11.7. The fraction of sp³-hybridized carbons (Fsp3) is 0.538. The van der Waals surface area contributed by atoms with Gasteiger partial charge in [-0.1, -0.05) is 38.9 Å². The Bertz CT molecular complexity index is 303. The van der Waals surface area contributed by atoms with Crippen molar-refractivity contribution in [2.45, 2.75) is 45.7 Å². The van der Waals surface area contributed by atoms with Gasteiger partial charge in [-0.15, -0.1) is 0 Å². The van der Waals surface area contributed by atoms with Crippen molar-refractivity contribution >= 4 is 19.7 Å². The van der Waals surface area contributed by atoms with Crippen molar-refractivity contribution in [2.24, 2.45) is 0 Å². The molecule has 0 bridgehead atoms. The van der Waals surface area contributed by atoms with Crippen LogP contribution in [0.3, 0.4) is 0 Å². The molecule has 0 aliphatic carbocycles. The van der Waals surface area contributed by atoms with Gasteiger partial charge < -0.3 is 5.73 Å². The van der Waals surface area contributed by atoms with E-state index in [1.165, 1.54) is 10.8 Å². The van der Waals surface area contributed by atoms with Gasteiger partial charge in [-0.25, -0.2) is 0 Å². The van der Waals surface area contributed by atoms with Crippen LogP contribution in [0.1, 0.15) is 33.3 Å². The summed E-state index contributed by atoms with van der Waals surface area (Å²) in [7, 11) is -0.875. The van der Waals surface area contributed by atoms with E-state index in [4.69, 9.17) is 5.73 Å². The van der Waals surface area contributed by atoms with E-state index < -0.39 is 8.80 Å². The second-order valence-corrected chi connectivity index (χ2v) is 9.58. The van der Waals surface area contributed by atoms with Gasteiger partial charge in [-0.2, -0.15) is 0 Å². The summed E-state index contributed by atoms with van der Waals surface area (Å²) in [6, 6.07) is 6.56. The first-order chi connectivity index (χ1) is 6.91. The Morgan fingerprint density at radius 2 is 1.53 bits per heavy atom. The standard InChI is InChI=1S/C13H23NSi/c1-9(2)15(10(3)4)13-7-11(5)6-12(14)8-13/h6-10,15H,14H2,1-5H3. The molecule has 0 aliphatic rings. The zero-order valence-corrected chi connectivity index (χ0v) is 11.7. The third kappa shape index (κ3) is 3.10. The zero-order valence-electron chi connectivity index (χ0n) is 10.5. The molecule has 0 unspecified atom stereocenters. The number of hydrogen-bond acceptors (Lipinski definition) is 1. The molecule has 0 saturated carbocycles. The molecule has 0 aliphatic heterocycles.